The number of ether oxygens (including phenoxy) is 1. The normalized spacial score (nSPS) is 14.4. The highest BCUT2D eigenvalue weighted by Gasteiger charge is 2.28. The Morgan fingerprint density at radius 2 is 1.07 bits per heavy atom. The molecule has 4 heterocycles. The molecule has 0 amide bonds. The summed E-state index contributed by atoms with van der Waals surface area (Å²) >= 11 is 1.80. The standard InChI is InChI=1S/C52H35N5OS/c1-58-48-33(32-16-3-2-4-17-32)22-13-24-39(48)50-53-51(55-52(54-50)57-43-28-11-7-20-36(43)37-21-8-12-29-44(37)57)40-25-14-23-38-47-45(30-15-31-46(47)59-49(38)40)56-41-26-9-5-18-34(41)35-19-6-10-27-42(35)56/h2-31,50H,1H3,(H,53,54,55). The van der Waals surface area contributed by atoms with Crippen molar-refractivity contribution in [3.05, 3.63) is 193 Å². The molecule has 59 heavy (non-hydrogen) atoms. The third kappa shape index (κ3) is 5.11. The first-order valence-electron chi connectivity index (χ1n) is 19.8. The molecule has 1 N–H and O–H groups in total. The summed E-state index contributed by atoms with van der Waals surface area (Å²) in [6.07, 6.45) is -0.506. The van der Waals surface area contributed by atoms with Crippen molar-refractivity contribution >= 4 is 86.9 Å². The van der Waals surface area contributed by atoms with Crippen molar-refractivity contribution in [3.63, 3.8) is 0 Å². The van der Waals surface area contributed by atoms with Crippen molar-refractivity contribution in [3.8, 4) is 22.6 Å². The monoisotopic (exact) mass is 777 g/mol. The van der Waals surface area contributed by atoms with Crippen LogP contribution in [0.1, 0.15) is 17.3 Å². The second-order valence-corrected chi connectivity index (χ2v) is 16.0. The highest BCUT2D eigenvalue weighted by Crippen LogP contribution is 2.43. The number of benzene rings is 8. The van der Waals surface area contributed by atoms with Crippen molar-refractivity contribution < 1.29 is 4.74 Å². The van der Waals surface area contributed by atoms with Crippen LogP contribution in [-0.2, 0) is 0 Å². The van der Waals surface area contributed by atoms with Gasteiger partial charge in [0.2, 0.25) is 5.96 Å². The SMILES string of the molecule is COc1c(-c2ccccc2)cccc1C1N=C(c2cccc3c2sc2cccc(-n4c5ccccc5c5ccccc54)c23)N=C(n2c3ccccc3c3ccccc32)N1. The maximum atomic E-state index is 6.26. The zero-order valence-electron chi connectivity index (χ0n) is 32.0. The summed E-state index contributed by atoms with van der Waals surface area (Å²) in [5.41, 5.74) is 9.68. The lowest BCUT2D eigenvalue weighted by Crippen LogP contribution is -2.37. The minimum absolute atomic E-state index is 0.506. The Morgan fingerprint density at radius 3 is 1.71 bits per heavy atom. The van der Waals surface area contributed by atoms with Crippen molar-refractivity contribution in [2.24, 2.45) is 9.98 Å². The molecule has 0 bridgehead atoms. The average Bonchev–Trinajstić information content (AvgIpc) is 3.97. The molecule has 1 unspecified atom stereocenters. The van der Waals surface area contributed by atoms with E-state index in [2.05, 4.69) is 190 Å². The van der Waals surface area contributed by atoms with Crippen LogP contribution < -0.4 is 10.1 Å². The quantitative estimate of drug-likeness (QED) is 0.189. The molecule has 11 aromatic rings. The van der Waals surface area contributed by atoms with E-state index in [9.17, 15) is 0 Å². The van der Waals surface area contributed by atoms with E-state index in [1.807, 2.05) is 6.07 Å². The van der Waals surface area contributed by atoms with E-state index in [1.54, 1.807) is 18.4 Å². The van der Waals surface area contributed by atoms with Gasteiger partial charge in [-0.1, -0.05) is 140 Å². The van der Waals surface area contributed by atoms with Crippen molar-refractivity contribution in [1.29, 1.82) is 0 Å². The Hall–Kier alpha value is -7.48. The zero-order valence-corrected chi connectivity index (χ0v) is 32.8. The molecule has 12 rings (SSSR count). The lowest BCUT2D eigenvalue weighted by molar-refractivity contribution is 0.405. The Balaban J connectivity index is 1.11. The minimum atomic E-state index is -0.506. The molecule has 0 aliphatic carbocycles. The van der Waals surface area contributed by atoms with Crippen LogP contribution in [0.25, 0.3) is 80.6 Å². The van der Waals surface area contributed by atoms with Crippen LogP contribution in [0.4, 0.5) is 0 Å². The van der Waals surface area contributed by atoms with Gasteiger partial charge in [0.1, 0.15) is 5.75 Å². The molecule has 280 valence electrons. The van der Waals surface area contributed by atoms with Gasteiger partial charge in [-0.25, -0.2) is 4.99 Å². The molecule has 0 saturated heterocycles. The van der Waals surface area contributed by atoms with Crippen molar-refractivity contribution in [2.45, 2.75) is 6.17 Å². The summed E-state index contributed by atoms with van der Waals surface area (Å²) in [7, 11) is 1.74. The molecule has 1 aliphatic rings. The van der Waals surface area contributed by atoms with Crippen LogP contribution in [0.5, 0.6) is 5.75 Å². The van der Waals surface area contributed by atoms with Crippen molar-refractivity contribution in [1.82, 2.24) is 14.5 Å². The average molecular weight is 778 g/mol. The number of aliphatic imine (C=N–C) groups is 2. The minimum Gasteiger partial charge on any atom is -0.496 e. The lowest BCUT2D eigenvalue weighted by atomic mass is 9.99. The van der Waals surface area contributed by atoms with Crippen LogP contribution in [0.3, 0.4) is 0 Å². The summed E-state index contributed by atoms with van der Waals surface area (Å²) in [5, 5.41) is 11.0. The number of methoxy groups -OCH3 is 1. The molecular weight excluding hydrogens is 743 g/mol. The topological polar surface area (TPSA) is 55.8 Å². The molecule has 0 fully saturated rings. The fourth-order valence-corrected chi connectivity index (χ4v) is 10.4. The number of fused-ring (bicyclic) bond motifs is 9. The van der Waals surface area contributed by atoms with E-state index in [4.69, 9.17) is 14.7 Å². The molecular formula is C52H35N5OS. The summed E-state index contributed by atoms with van der Waals surface area (Å²) in [4.78, 5) is 10.9. The Kier molecular flexibility index (Phi) is 7.58. The Morgan fingerprint density at radius 1 is 0.525 bits per heavy atom. The molecule has 0 radical (unpaired) electrons. The molecule has 7 heteroatoms. The number of para-hydroxylation sites is 5. The number of hydrogen-bond acceptors (Lipinski definition) is 5. The van der Waals surface area contributed by atoms with Gasteiger partial charge in [0.15, 0.2) is 12.0 Å². The highest BCUT2D eigenvalue weighted by atomic mass is 32.1. The smallest absolute Gasteiger partial charge is 0.211 e. The summed E-state index contributed by atoms with van der Waals surface area (Å²) in [6.45, 7) is 0. The van der Waals surface area contributed by atoms with Gasteiger partial charge in [-0.05, 0) is 48.0 Å². The van der Waals surface area contributed by atoms with Gasteiger partial charge in [0.05, 0.1) is 34.9 Å². The first-order valence-corrected chi connectivity index (χ1v) is 20.6. The predicted molar refractivity (Wildman–Crippen MR) is 247 cm³/mol. The van der Waals surface area contributed by atoms with Crippen LogP contribution >= 0.6 is 11.3 Å². The van der Waals surface area contributed by atoms with Crippen molar-refractivity contribution in [2.75, 3.05) is 7.11 Å². The van der Waals surface area contributed by atoms with Crippen LogP contribution in [0.15, 0.2) is 192 Å². The summed E-state index contributed by atoms with van der Waals surface area (Å²) in [6, 6.07) is 64.4. The van der Waals surface area contributed by atoms with E-state index in [0.717, 1.165) is 49.4 Å². The first-order chi connectivity index (χ1) is 29.2. The molecule has 0 spiro atoms. The summed E-state index contributed by atoms with van der Waals surface area (Å²) < 4.78 is 13.3. The molecule has 1 atom stereocenters. The Bertz CT molecular complexity index is 3430. The van der Waals surface area contributed by atoms with E-state index in [0.29, 0.717) is 11.8 Å². The number of amidine groups is 1. The third-order valence-corrected chi connectivity index (χ3v) is 12.9. The lowest BCUT2D eigenvalue weighted by Gasteiger charge is -2.26. The van der Waals surface area contributed by atoms with Crippen LogP contribution in [0.2, 0.25) is 0 Å². The van der Waals surface area contributed by atoms with E-state index >= 15 is 0 Å². The molecule has 6 nitrogen and oxygen atoms in total. The summed E-state index contributed by atoms with van der Waals surface area (Å²) in [5.74, 6) is 2.14. The predicted octanol–water partition coefficient (Wildman–Crippen LogP) is 12.9. The van der Waals surface area contributed by atoms with E-state index < -0.39 is 6.17 Å². The van der Waals surface area contributed by atoms with Gasteiger partial charge in [0, 0.05) is 58.4 Å². The second kappa shape index (κ2) is 13.3. The first kappa shape index (κ1) is 33.6. The Labute approximate surface area is 343 Å². The fourth-order valence-electron chi connectivity index (χ4n) is 9.20. The van der Waals surface area contributed by atoms with Crippen LogP contribution in [0, 0.1) is 0 Å². The van der Waals surface area contributed by atoms with E-state index in [1.165, 1.54) is 48.1 Å². The van der Waals surface area contributed by atoms with Gasteiger partial charge in [-0.2, -0.15) is 4.99 Å². The zero-order chi connectivity index (χ0) is 39.0. The van der Waals surface area contributed by atoms with Crippen LogP contribution in [-0.4, -0.2) is 28.0 Å². The van der Waals surface area contributed by atoms with Gasteiger partial charge < -0.3 is 14.6 Å². The number of nitrogens with zero attached hydrogens (tertiary/aromatic N) is 4. The van der Waals surface area contributed by atoms with Gasteiger partial charge >= 0.3 is 0 Å². The molecule has 8 aromatic carbocycles. The molecule has 3 aromatic heterocycles. The number of aromatic nitrogens is 2. The van der Waals surface area contributed by atoms with E-state index in [-0.39, 0.29) is 0 Å². The largest absolute Gasteiger partial charge is 0.496 e. The molecule has 0 saturated carbocycles. The maximum absolute atomic E-state index is 6.26. The fraction of sp³-hybridized carbons (Fsp3) is 0.0385. The maximum Gasteiger partial charge on any atom is 0.211 e. The number of rotatable bonds is 5. The number of nitrogens with one attached hydrogen (secondary N) is 1. The number of hydrogen-bond donors (Lipinski definition) is 1. The highest BCUT2D eigenvalue weighted by molar-refractivity contribution is 7.26. The van der Waals surface area contributed by atoms with Gasteiger partial charge in [-0.15, -0.1) is 11.3 Å². The third-order valence-electron chi connectivity index (χ3n) is 11.7. The molecule has 1 aliphatic heterocycles. The second-order valence-electron chi connectivity index (χ2n) is 14.9. The van der Waals surface area contributed by atoms with Gasteiger partial charge in [-0.3, -0.25) is 4.57 Å². The van der Waals surface area contributed by atoms with Gasteiger partial charge in [0.25, 0.3) is 0 Å². The number of thiophene rings is 1.